The van der Waals surface area contributed by atoms with Crippen molar-refractivity contribution in [2.75, 3.05) is 6.61 Å². The molecule has 0 unspecified atom stereocenters. The summed E-state index contributed by atoms with van der Waals surface area (Å²) in [5, 5.41) is 29.7. The van der Waals surface area contributed by atoms with Gasteiger partial charge in [-0.2, -0.15) is 0 Å². The third-order valence-electron chi connectivity index (χ3n) is 4.03. The summed E-state index contributed by atoms with van der Waals surface area (Å²) in [6.45, 7) is 2.22. The number of nitrogens with zero attached hydrogens (tertiary/aromatic N) is 3. The zero-order valence-corrected chi connectivity index (χ0v) is 14.2. The van der Waals surface area contributed by atoms with Crippen molar-refractivity contribution in [3.05, 3.63) is 46.8 Å². The zero-order valence-electron chi connectivity index (χ0n) is 14.2. The summed E-state index contributed by atoms with van der Waals surface area (Å²) < 4.78 is 5.71. The number of aromatic nitrogens is 5. The van der Waals surface area contributed by atoms with Crippen LogP contribution in [0.1, 0.15) is 6.92 Å². The summed E-state index contributed by atoms with van der Waals surface area (Å²) in [6, 6.07) is 9.45. The number of rotatable bonds is 4. The number of hydrogen-bond acceptors (Lipinski definition) is 7. The number of benzene rings is 2. The first kappa shape index (κ1) is 16.6. The predicted octanol–water partition coefficient (Wildman–Crippen LogP) is 2.19. The van der Waals surface area contributed by atoms with Gasteiger partial charge in [-0.05, 0) is 42.8 Å². The van der Waals surface area contributed by atoms with Gasteiger partial charge >= 0.3 is 0 Å². The minimum atomic E-state index is -0.416. The molecule has 4 aromatic rings. The van der Waals surface area contributed by atoms with Crippen LogP contribution in [0.3, 0.4) is 0 Å². The van der Waals surface area contributed by atoms with E-state index in [0.29, 0.717) is 34.9 Å². The van der Waals surface area contributed by atoms with E-state index >= 15 is 0 Å². The van der Waals surface area contributed by atoms with E-state index in [1.165, 1.54) is 18.2 Å². The standard InChI is InChI=1S/C18H15N5O4/c1-2-27-14-7-9(12-8-10(24)4-6-13(12)25)3-5-11(14)16-19-17-15(18(26)20-16)21-23-22-17/h3-8,24-25H,2H2,1H3,(H2,19,20,21,22,23,26). The highest BCUT2D eigenvalue weighted by molar-refractivity contribution is 5.78. The summed E-state index contributed by atoms with van der Waals surface area (Å²) in [5.41, 5.74) is 1.64. The van der Waals surface area contributed by atoms with Crippen LogP contribution in [0.4, 0.5) is 0 Å². The first-order valence-corrected chi connectivity index (χ1v) is 8.17. The van der Waals surface area contributed by atoms with Crippen molar-refractivity contribution in [3.8, 4) is 39.8 Å². The summed E-state index contributed by atoms with van der Waals surface area (Å²) in [5.74, 6) is 0.828. The summed E-state index contributed by atoms with van der Waals surface area (Å²) in [7, 11) is 0. The Bertz CT molecular complexity index is 1200. The van der Waals surface area contributed by atoms with Gasteiger partial charge in [-0.25, -0.2) is 10.1 Å². The Morgan fingerprint density at radius 1 is 1.11 bits per heavy atom. The summed E-state index contributed by atoms with van der Waals surface area (Å²) >= 11 is 0. The smallest absolute Gasteiger partial charge is 0.281 e. The Kier molecular flexibility index (Phi) is 3.96. The van der Waals surface area contributed by atoms with Crippen LogP contribution in [0.25, 0.3) is 33.7 Å². The molecule has 4 N–H and O–H groups in total. The van der Waals surface area contributed by atoms with Crippen molar-refractivity contribution in [3.63, 3.8) is 0 Å². The number of hydrogen-bond donors (Lipinski definition) is 4. The Hall–Kier alpha value is -3.88. The monoisotopic (exact) mass is 365 g/mol. The molecule has 0 bridgehead atoms. The number of aromatic hydroxyl groups is 2. The minimum Gasteiger partial charge on any atom is -0.508 e. The summed E-state index contributed by atoms with van der Waals surface area (Å²) in [6.07, 6.45) is 0. The summed E-state index contributed by atoms with van der Waals surface area (Å²) in [4.78, 5) is 19.2. The van der Waals surface area contributed by atoms with Gasteiger partial charge in [-0.15, -0.1) is 5.10 Å². The van der Waals surface area contributed by atoms with E-state index in [2.05, 4.69) is 25.4 Å². The Balaban J connectivity index is 1.88. The molecule has 0 saturated carbocycles. The maximum atomic E-state index is 12.2. The van der Waals surface area contributed by atoms with Gasteiger partial charge in [0.05, 0.1) is 12.2 Å². The molecule has 9 heteroatoms. The second kappa shape index (κ2) is 6.45. The molecule has 0 spiro atoms. The molecule has 2 aromatic carbocycles. The van der Waals surface area contributed by atoms with Crippen molar-refractivity contribution in [2.45, 2.75) is 6.92 Å². The van der Waals surface area contributed by atoms with Gasteiger partial charge in [0, 0.05) is 5.56 Å². The zero-order chi connectivity index (χ0) is 19.0. The molecular formula is C18H15N5O4. The van der Waals surface area contributed by atoms with E-state index in [9.17, 15) is 15.0 Å². The van der Waals surface area contributed by atoms with Crippen LogP contribution in [0.2, 0.25) is 0 Å². The van der Waals surface area contributed by atoms with E-state index in [-0.39, 0.29) is 22.7 Å². The molecule has 9 nitrogen and oxygen atoms in total. The SMILES string of the molecule is CCOc1cc(-c2cc(O)ccc2O)ccc1-c1nc2[nH]nnc2c(=O)[nH]1. The lowest BCUT2D eigenvalue weighted by atomic mass is 10.0. The fraction of sp³-hybridized carbons (Fsp3) is 0.111. The van der Waals surface area contributed by atoms with Crippen LogP contribution in [0.5, 0.6) is 17.2 Å². The Morgan fingerprint density at radius 3 is 2.78 bits per heavy atom. The largest absolute Gasteiger partial charge is 0.508 e. The van der Waals surface area contributed by atoms with Crippen LogP contribution in [0, 0.1) is 0 Å². The lowest BCUT2D eigenvalue weighted by Gasteiger charge is -2.13. The van der Waals surface area contributed by atoms with Gasteiger partial charge in [0.1, 0.15) is 23.1 Å². The quantitative estimate of drug-likeness (QED) is 0.407. The first-order valence-electron chi connectivity index (χ1n) is 8.17. The molecule has 0 atom stereocenters. The van der Waals surface area contributed by atoms with Crippen molar-refractivity contribution in [1.29, 1.82) is 0 Å². The number of nitrogens with one attached hydrogen (secondary N) is 2. The van der Waals surface area contributed by atoms with E-state index in [1.54, 1.807) is 18.2 Å². The van der Waals surface area contributed by atoms with Crippen molar-refractivity contribution in [2.24, 2.45) is 0 Å². The number of phenols is 2. The average molecular weight is 365 g/mol. The molecule has 0 aliphatic carbocycles. The van der Waals surface area contributed by atoms with E-state index in [4.69, 9.17) is 4.74 Å². The second-order valence-corrected chi connectivity index (χ2v) is 5.77. The predicted molar refractivity (Wildman–Crippen MR) is 97.7 cm³/mol. The van der Waals surface area contributed by atoms with Crippen LogP contribution in [-0.2, 0) is 0 Å². The third kappa shape index (κ3) is 2.95. The van der Waals surface area contributed by atoms with Crippen LogP contribution < -0.4 is 10.3 Å². The van der Waals surface area contributed by atoms with Gasteiger partial charge in [0.25, 0.3) is 5.56 Å². The highest BCUT2D eigenvalue weighted by atomic mass is 16.5. The van der Waals surface area contributed by atoms with Crippen LogP contribution in [-0.4, -0.2) is 42.2 Å². The number of phenolic OH excluding ortho intramolecular Hbond substituents is 2. The molecule has 136 valence electrons. The second-order valence-electron chi connectivity index (χ2n) is 5.77. The minimum absolute atomic E-state index is 0.0273. The highest BCUT2D eigenvalue weighted by Gasteiger charge is 2.15. The van der Waals surface area contributed by atoms with Gasteiger partial charge < -0.3 is 19.9 Å². The normalized spacial score (nSPS) is 11.0. The van der Waals surface area contributed by atoms with E-state index in [0.717, 1.165) is 0 Å². The molecule has 4 rings (SSSR count). The molecule has 0 amide bonds. The number of aromatic amines is 2. The lowest BCUT2D eigenvalue weighted by molar-refractivity contribution is 0.341. The van der Waals surface area contributed by atoms with Gasteiger partial charge in [-0.3, -0.25) is 4.79 Å². The van der Waals surface area contributed by atoms with Crippen molar-refractivity contribution >= 4 is 11.2 Å². The molecule has 2 aromatic heterocycles. The van der Waals surface area contributed by atoms with Gasteiger partial charge in [0.2, 0.25) is 0 Å². The highest BCUT2D eigenvalue weighted by Crippen LogP contribution is 2.37. The van der Waals surface area contributed by atoms with Crippen LogP contribution >= 0.6 is 0 Å². The maximum Gasteiger partial charge on any atom is 0.281 e. The van der Waals surface area contributed by atoms with Crippen molar-refractivity contribution in [1.82, 2.24) is 25.4 Å². The van der Waals surface area contributed by atoms with Gasteiger partial charge in [-0.1, -0.05) is 11.3 Å². The molecule has 0 aliphatic heterocycles. The van der Waals surface area contributed by atoms with Gasteiger partial charge in [0.15, 0.2) is 11.2 Å². The fourth-order valence-corrected chi connectivity index (χ4v) is 2.80. The number of H-pyrrole nitrogens is 2. The molecule has 0 saturated heterocycles. The number of ether oxygens (including phenoxy) is 1. The molecular weight excluding hydrogens is 350 g/mol. The van der Waals surface area contributed by atoms with E-state index < -0.39 is 5.56 Å². The molecule has 0 aliphatic rings. The third-order valence-corrected chi connectivity index (χ3v) is 4.03. The fourth-order valence-electron chi connectivity index (χ4n) is 2.80. The van der Waals surface area contributed by atoms with E-state index in [1.807, 2.05) is 6.92 Å². The van der Waals surface area contributed by atoms with Crippen LogP contribution in [0.15, 0.2) is 41.2 Å². The molecule has 0 radical (unpaired) electrons. The molecule has 2 heterocycles. The maximum absolute atomic E-state index is 12.2. The topological polar surface area (TPSA) is 137 Å². The van der Waals surface area contributed by atoms with Crippen molar-refractivity contribution < 1.29 is 14.9 Å². The Morgan fingerprint density at radius 2 is 1.96 bits per heavy atom. The average Bonchev–Trinajstić information content (AvgIpc) is 3.13. The molecule has 0 fully saturated rings. The first-order chi connectivity index (χ1) is 13.1. The Labute approximate surface area is 152 Å². The molecule has 27 heavy (non-hydrogen) atoms. The number of fused-ring (bicyclic) bond motifs is 1. The lowest BCUT2D eigenvalue weighted by Crippen LogP contribution is -2.10.